The second-order valence-corrected chi connectivity index (χ2v) is 2.84. The molecule has 0 atom stereocenters. The third-order valence-electron chi connectivity index (χ3n) is 1.59. The van der Waals surface area contributed by atoms with Crippen LogP contribution in [-0.4, -0.2) is 20.0 Å². The molecule has 0 unspecified atom stereocenters. The Labute approximate surface area is 94.5 Å². The van der Waals surface area contributed by atoms with Crippen molar-refractivity contribution < 1.29 is 28.3 Å². The van der Waals surface area contributed by atoms with Crippen LogP contribution in [0.4, 0.5) is 0 Å². The van der Waals surface area contributed by atoms with Crippen molar-refractivity contribution in [3.8, 4) is 0 Å². The van der Waals surface area contributed by atoms with E-state index >= 15 is 0 Å². The Hall–Kier alpha value is 0.517. The monoisotopic (exact) mass is 180 g/mol. The van der Waals surface area contributed by atoms with Gasteiger partial charge in [0.1, 0.15) is 6.79 Å². The van der Waals surface area contributed by atoms with Gasteiger partial charge in [0.2, 0.25) is 0 Å². The first kappa shape index (κ1) is 16.0. The van der Waals surface area contributed by atoms with Crippen LogP contribution >= 0.6 is 0 Å². The number of hydrogen-bond donors (Lipinski definition) is 0. The summed E-state index contributed by atoms with van der Waals surface area (Å²) in [5, 5.41) is 0. The molecule has 0 spiro atoms. The van der Waals surface area contributed by atoms with Gasteiger partial charge in [-0.05, 0) is 6.42 Å². The quantitative estimate of drug-likeness (QED) is 0.211. The van der Waals surface area contributed by atoms with Crippen LogP contribution in [0.2, 0.25) is 0 Å². The second kappa shape index (κ2) is 15.0. The molecule has 3 heteroatoms. The molecule has 0 aliphatic rings. The zero-order valence-corrected chi connectivity index (χ0v) is 9.34. The fourth-order valence-electron chi connectivity index (χ4n) is 0.813. The zero-order chi connectivity index (χ0) is 9.07. The van der Waals surface area contributed by atoms with Gasteiger partial charge in [0.25, 0.3) is 0 Å². The minimum atomic E-state index is 0. The summed E-state index contributed by atoms with van der Waals surface area (Å²) >= 11 is 0. The summed E-state index contributed by atoms with van der Waals surface area (Å²) in [5.74, 6) is 0. The average Bonchev–Trinajstić information content (AvgIpc) is 2.10. The Morgan fingerprint density at radius 1 is 1.08 bits per heavy atom. The maximum Gasteiger partial charge on any atom is 1.00 e. The first-order chi connectivity index (χ1) is 5.91. The Balaban J connectivity index is 0. The van der Waals surface area contributed by atoms with Gasteiger partial charge < -0.3 is 15.9 Å². The van der Waals surface area contributed by atoms with E-state index in [1.165, 1.54) is 6.42 Å². The van der Waals surface area contributed by atoms with E-state index in [0.717, 1.165) is 32.5 Å². The molecule has 0 saturated carbocycles. The summed E-state index contributed by atoms with van der Waals surface area (Å²) < 4.78 is 10.5. The van der Waals surface area contributed by atoms with Crippen LogP contribution in [-0.2, 0) is 9.47 Å². The van der Waals surface area contributed by atoms with E-state index in [1.54, 1.807) is 0 Å². The van der Waals surface area contributed by atoms with Crippen molar-refractivity contribution in [3.63, 3.8) is 0 Å². The summed E-state index contributed by atoms with van der Waals surface area (Å²) in [6, 6.07) is 0. The third-order valence-corrected chi connectivity index (χ3v) is 1.59. The fraction of sp³-hybridized carbons (Fsp3) is 0.900. The van der Waals surface area contributed by atoms with E-state index in [1.807, 2.05) is 0 Å². The predicted molar refractivity (Wildman–Crippen MR) is 50.9 cm³/mol. The van der Waals surface area contributed by atoms with E-state index in [4.69, 9.17) is 9.47 Å². The van der Waals surface area contributed by atoms with Crippen molar-refractivity contribution in [3.05, 3.63) is 6.42 Å². The average molecular weight is 180 g/mol. The molecule has 0 bridgehead atoms. The number of hydrogen-bond acceptors (Lipinski definition) is 2. The Bertz CT molecular complexity index is 69.3. The van der Waals surface area contributed by atoms with Gasteiger partial charge in [0, 0.05) is 13.2 Å². The van der Waals surface area contributed by atoms with Crippen LogP contribution in [0.3, 0.4) is 0 Å². The predicted octanol–water partition coefficient (Wildman–Crippen LogP) is -0.214. The topological polar surface area (TPSA) is 18.5 Å². The van der Waals surface area contributed by atoms with Crippen LogP contribution in [0, 0.1) is 6.42 Å². The maximum absolute atomic E-state index is 5.24. The van der Waals surface area contributed by atoms with Crippen LogP contribution in [0.1, 0.15) is 39.5 Å². The largest absolute Gasteiger partial charge is 1.00 e. The summed E-state index contributed by atoms with van der Waals surface area (Å²) in [5.41, 5.74) is 0. The molecule has 0 fully saturated rings. The van der Waals surface area contributed by atoms with E-state index in [-0.39, 0.29) is 18.9 Å². The first-order valence-electron chi connectivity index (χ1n) is 4.85. The summed E-state index contributed by atoms with van der Waals surface area (Å²) in [7, 11) is 0. The van der Waals surface area contributed by atoms with Crippen LogP contribution in [0.25, 0.3) is 0 Å². The molecule has 0 saturated heterocycles. The van der Waals surface area contributed by atoms with Gasteiger partial charge in [0.05, 0.1) is 0 Å². The van der Waals surface area contributed by atoms with Crippen molar-refractivity contribution >= 4 is 0 Å². The molecule has 0 aromatic heterocycles. The number of rotatable bonds is 9. The Kier molecular flexibility index (Phi) is 18.4. The molecular formula is C10H21LiO2. The SMILES string of the molecule is C[CH-]CCCOCOCCCC.[Li+]. The van der Waals surface area contributed by atoms with Crippen molar-refractivity contribution in [2.45, 2.75) is 39.5 Å². The molecule has 0 N–H and O–H groups in total. The molecule has 0 radical (unpaired) electrons. The van der Waals surface area contributed by atoms with Crippen molar-refractivity contribution in [2.24, 2.45) is 0 Å². The van der Waals surface area contributed by atoms with Gasteiger partial charge >= 0.3 is 18.9 Å². The van der Waals surface area contributed by atoms with Gasteiger partial charge in [-0.25, -0.2) is 0 Å². The minimum Gasteiger partial charge on any atom is -0.356 e. The summed E-state index contributed by atoms with van der Waals surface area (Å²) in [6.07, 6.45) is 6.71. The molecule has 0 heterocycles. The molecule has 2 nitrogen and oxygen atoms in total. The maximum atomic E-state index is 5.24. The number of ether oxygens (including phenoxy) is 2. The van der Waals surface area contributed by atoms with Gasteiger partial charge in [0.15, 0.2) is 0 Å². The first-order valence-corrected chi connectivity index (χ1v) is 4.85. The molecule has 0 rings (SSSR count). The standard InChI is InChI=1S/C10H21O2.Li/c1-3-5-7-9-12-10-11-8-6-4-2;/h3H,4-10H2,1-2H3;/q-1;+1. The normalized spacial score (nSPS) is 9.69. The van der Waals surface area contributed by atoms with E-state index in [9.17, 15) is 0 Å². The van der Waals surface area contributed by atoms with Crippen molar-refractivity contribution in [1.82, 2.24) is 0 Å². The molecule has 0 aliphatic heterocycles. The van der Waals surface area contributed by atoms with E-state index < -0.39 is 0 Å². The summed E-state index contributed by atoms with van der Waals surface area (Å²) in [6.45, 7) is 6.33. The molecule has 74 valence electrons. The fourth-order valence-corrected chi connectivity index (χ4v) is 0.813. The molecule has 0 amide bonds. The van der Waals surface area contributed by atoms with Crippen LogP contribution in [0.5, 0.6) is 0 Å². The molecular weight excluding hydrogens is 159 g/mol. The van der Waals surface area contributed by atoms with Crippen LogP contribution < -0.4 is 18.9 Å². The van der Waals surface area contributed by atoms with Gasteiger partial charge in [-0.1, -0.05) is 19.8 Å². The van der Waals surface area contributed by atoms with Crippen molar-refractivity contribution in [1.29, 1.82) is 0 Å². The number of unbranched alkanes of at least 4 members (excludes halogenated alkanes) is 3. The Morgan fingerprint density at radius 3 is 2.23 bits per heavy atom. The second-order valence-electron chi connectivity index (χ2n) is 2.84. The van der Waals surface area contributed by atoms with Crippen LogP contribution in [0.15, 0.2) is 0 Å². The van der Waals surface area contributed by atoms with Gasteiger partial charge in [-0.2, -0.15) is 13.3 Å². The molecule has 13 heavy (non-hydrogen) atoms. The summed E-state index contributed by atoms with van der Waals surface area (Å²) in [4.78, 5) is 0. The van der Waals surface area contributed by atoms with E-state index in [0.29, 0.717) is 6.79 Å². The van der Waals surface area contributed by atoms with Gasteiger partial charge in [-0.15, -0.1) is 0 Å². The Morgan fingerprint density at radius 2 is 1.69 bits per heavy atom. The van der Waals surface area contributed by atoms with E-state index in [2.05, 4.69) is 20.3 Å². The molecule has 0 aliphatic carbocycles. The third kappa shape index (κ3) is 15.3. The van der Waals surface area contributed by atoms with Gasteiger partial charge in [-0.3, -0.25) is 0 Å². The smallest absolute Gasteiger partial charge is 0.356 e. The van der Waals surface area contributed by atoms with Crippen molar-refractivity contribution in [2.75, 3.05) is 20.0 Å². The molecule has 0 aromatic rings. The molecule has 0 aromatic carbocycles. The minimum absolute atomic E-state index is 0. The zero-order valence-electron chi connectivity index (χ0n) is 9.34.